The SMILES string of the molecule is Cc1ccccc1N1CCN(CCC(Oc2cccc(C#N)c2)c2ccc(F)cc2)CC1. The first-order chi connectivity index (χ1) is 15.6. The van der Waals surface area contributed by atoms with Crippen LogP contribution in [-0.4, -0.2) is 37.6 Å². The lowest BCUT2D eigenvalue weighted by atomic mass is 10.1. The van der Waals surface area contributed by atoms with Crippen LogP contribution in [0.2, 0.25) is 0 Å². The maximum Gasteiger partial charge on any atom is 0.125 e. The van der Waals surface area contributed by atoms with E-state index in [9.17, 15) is 9.65 Å². The van der Waals surface area contributed by atoms with E-state index in [4.69, 9.17) is 4.74 Å². The molecule has 0 amide bonds. The first-order valence-corrected chi connectivity index (χ1v) is 11.1. The quantitative estimate of drug-likeness (QED) is 0.508. The summed E-state index contributed by atoms with van der Waals surface area (Å²) < 4.78 is 19.7. The number of piperazine rings is 1. The zero-order valence-corrected chi connectivity index (χ0v) is 18.4. The van der Waals surface area contributed by atoms with Gasteiger partial charge in [0.1, 0.15) is 17.7 Å². The van der Waals surface area contributed by atoms with Crippen LogP contribution in [0, 0.1) is 24.1 Å². The van der Waals surface area contributed by atoms with Crippen molar-refractivity contribution in [2.24, 2.45) is 0 Å². The van der Waals surface area contributed by atoms with Crippen LogP contribution in [0.1, 0.15) is 29.2 Å². The molecule has 0 saturated carbocycles. The number of para-hydroxylation sites is 1. The van der Waals surface area contributed by atoms with Crippen LogP contribution in [0.15, 0.2) is 72.8 Å². The van der Waals surface area contributed by atoms with Crippen molar-refractivity contribution < 1.29 is 9.13 Å². The topological polar surface area (TPSA) is 39.5 Å². The average Bonchev–Trinajstić information content (AvgIpc) is 2.83. The van der Waals surface area contributed by atoms with E-state index >= 15 is 0 Å². The molecule has 0 aromatic heterocycles. The molecule has 1 atom stereocenters. The molecule has 164 valence electrons. The van der Waals surface area contributed by atoms with Crippen molar-refractivity contribution in [3.8, 4) is 11.8 Å². The highest BCUT2D eigenvalue weighted by Crippen LogP contribution is 2.27. The van der Waals surface area contributed by atoms with Crippen molar-refractivity contribution in [3.63, 3.8) is 0 Å². The average molecular weight is 430 g/mol. The van der Waals surface area contributed by atoms with Gasteiger partial charge in [-0.2, -0.15) is 5.26 Å². The molecule has 32 heavy (non-hydrogen) atoms. The van der Waals surface area contributed by atoms with Gasteiger partial charge in [-0.3, -0.25) is 4.90 Å². The zero-order valence-electron chi connectivity index (χ0n) is 18.4. The van der Waals surface area contributed by atoms with Crippen molar-refractivity contribution in [2.75, 3.05) is 37.6 Å². The summed E-state index contributed by atoms with van der Waals surface area (Å²) >= 11 is 0. The molecule has 0 aliphatic carbocycles. The van der Waals surface area contributed by atoms with Gasteiger partial charge >= 0.3 is 0 Å². The number of hydrogen-bond acceptors (Lipinski definition) is 4. The molecular formula is C27H28FN3O. The number of benzene rings is 3. The lowest BCUT2D eigenvalue weighted by Crippen LogP contribution is -2.47. The summed E-state index contributed by atoms with van der Waals surface area (Å²) in [6.07, 6.45) is 0.575. The van der Waals surface area contributed by atoms with Crippen LogP contribution in [0.3, 0.4) is 0 Å². The fourth-order valence-electron chi connectivity index (χ4n) is 4.20. The standard InChI is InChI=1S/C27H28FN3O/c1-21-5-2-3-8-26(21)31-17-15-30(16-18-31)14-13-27(23-9-11-24(28)12-10-23)32-25-7-4-6-22(19-25)20-29/h2-12,19,27H,13-18H2,1H3. The molecule has 3 aromatic carbocycles. The van der Waals surface area contributed by atoms with E-state index in [1.165, 1.54) is 23.4 Å². The second kappa shape index (κ2) is 10.3. The summed E-state index contributed by atoms with van der Waals surface area (Å²) in [5.41, 5.74) is 4.13. The fraction of sp³-hybridized carbons (Fsp3) is 0.296. The molecule has 3 aromatic rings. The molecular weight excluding hydrogens is 401 g/mol. The first kappa shape index (κ1) is 21.9. The summed E-state index contributed by atoms with van der Waals surface area (Å²) in [5, 5.41) is 9.18. The molecule has 1 saturated heterocycles. The van der Waals surface area contributed by atoms with Gasteiger partial charge in [-0.15, -0.1) is 0 Å². The third-order valence-corrected chi connectivity index (χ3v) is 6.02. The second-order valence-electron chi connectivity index (χ2n) is 8.20. The highest BCUT2D eigenvalue weighted by Gasteiger charge is 2.21. The Kier molecular flexibility index (Phi) is 7.03. The third kappa shape index (κ3) is 5.46. The number of aryl methyl sites for hydroxylation is 1. The van der Waals surface area contributed by atoms with Gasteiger partial charge in [0.15, 0.2) is 0 Å². The van der Waals surface area contributed by atoms with Gasteiger partial charge < -0.3 is 9.64 Å². The Balaban J connectivity index is 1.40. The molecule has 0 bridgehead atoms. The van der Waals surface area contributed by atoms with Crippen LogP contribution in [0.4, 0.5) is 10.1 Å². The first-order valence-electron chi connectivity index (χ1n) is 11.1. The summed E-state index contributed by atoms with van der Waals surface area (Å²) in [4.78, 5) is 4.91. The van der Waals surface area contributed by atoms with Crippen LogP contribution in [0.25, 0.3) is 0 Å². The van der Waals surface area contributed by atoms with E-state index in [0.717, 1.165) is 44.7 Å². The van der Waals surface area contributed by atoms with Gasteiger partial charge in [0.05, 0.1) is 11.6 Å². The molecule has 0 spiro atoms. The molecule has 0 radical (unpaired) electrons. The number of ether oxygens (including phenoxy) is 1. The highest BCUT2D eigenvalue weighted by atomic mass is 19.1. The predicted molar refractivity (Wildman–Crippen MR) is 125 cm³/mol. The maximum absolute atomic E-state index is 13.5. The van der Waals surface area contributed by atoms with E-state index in [2.05, 4.69) is 47.1 Å². The third-order valence-electron chi connectivity index (χ3n) is 6.02. The van der Waals surface area contributed by atoms with Crippen LogP contribution >= 0.6 is 0 Å². The number of nitriles is 1. The largest absolute Gasteiger partial charge is 0.486 e. The molecule has 1 unspecified atom stereocenters. The molecule has 1 fully saturated rings. The van der Waals surface area contributed by atoms with Crippen LogP contribution in [-0.2, 0) is 0 Å². The van der Waals surface area contributed by atoms with Crippen molar-refractivity contribution in [3.05, 3.63) is 95.3 Å². The minimum absolute atomic E-state index is 0.209. The Morgan fingerprint density at radius 1 is 0.969 bits per heavy atom. The molecule has 1 aliphatic rings. The summed E-state index contributed by atoms with van der Waals surface area (Å²) in [6, 6.07) is 24.4. The summed E-state index contributed by atoms with van der Waals surface area (Å²) in [6.45, 7) is 7.03. The molecule has 1 heterocycles. The number of hydrogen-bond donors (Lipinski definition) is 0. The van der Waals surface area contributed by atoms with Crippen LogP contribution < -0.4 is 9.64 Å². The van der Waals surface area contributed by atoms with Crippen molar-refractivity contribution >= 4 is 5.69 Å². The lowest BCUT2D eigenvalue weighted by molar-refractivity contribution is 0.160. The normalized spacial score (nSPS) is 15.2. The molecule has 5 heteroatoms. The smallest absolute Gasteiger partial charge is 0.125 e. The zero-order chi connectivity index (χ0) is 22.3. The Bertz CT molecular complexity index is 1070. The Labute approximate surface area is 189 Å². The maximum atomic E-state index is 13.5. The summed E-state index contributed by atoms with van der Waals surface area (Å²) in [7, 11) is 0. The van der Waals surface area contributed by atoms with Gasteiger partial charge in [0.2, 0.25) is 0 Å². The van der Waals surface area contributed by atoms with E-state index in [-0.39, 0.29) is 11.9 Å². The summed E-state index contributed by atoms with van der Waals surface area (Å²) in [5.74, 6) is 0.397. The van der Waals surface area contributed by atoms with Gasteiger partial charge in [0, 0.05) is 44.8 Å². The van der Waals surface area contributed by atoms with Gasteiger partial charge in [-0.25, -0.2) is 4.39 Å². The second-order valence-corrected chi connectivity index (χ2v) is 8.20. The lowest BCUT2D eigenvalue weighted by Gasteiger charge is -2.37. The number of anilines is 1. The van der Waals surface area contributed by atoms with E-state index in [0.29, 0.717) is 11.3 Å². The number of nitrogens with zero attached hydrogens (tertiary/aromatic N) is 3. The minimum atomic E-state index is -0.258. The monoisotopic (exact) mass is 429 g/mol. The molecule has 4 nitrogen and oxygen atoms in total. The number of halogens is 1. The molecule has 4 rings (SSSR count). The molecule has 1 aliphatic heterocycles. The Hall–Kier alpha value is -3.36. The Morgan fingerprint density at radius 3 is 2.44 bits per heavy atom. The van der Waals surface area contributed by atoms with Gasteiger partial charge in [-0.1, -0.05) is 36.4 Å². The Morgan fingerprint density at radius 2 is 1.72 bits per heavy atom. The number of rotatable bonds is 7. The highest BCUT2D eigenvalue weighted by molar-refractivity contribution is 5.53. The minimum Gasteiger partial charge on any atom is -0.486 e. The van der Waals surface area contributed by atoms with Crippen molar-refractivity contribution in [1.29, 1.82) is 5.26 Å². The van der Waals surface area contributed by atoms with Gasteiger partial charge in [-0.05, 0) is 54.4 Å². The van der Waals surface area contributed by atoms with Crippen molar-refractivity contribution in [1.82, 2.24) is 4.90 Å². The van der Waals surface area contributed by atoms with Crippen molar-refractivity contribution in [2.45, 2.75) is 19.4 Å². The molecule has 0 N–H and O–H groups in total. The van der Waals surface area contributed by atoms with Gasteiger partial charge in [0.25, 0.3) is 0 Å². The van der Waals surface area contributed by atoms with E-state index < -0.39 is 0 Å². The van der Waals surface area contributed by atoms with E-state index in [1.807, 2.05) is 12.1 Å². The fourth-order valence-corrected chi connectivity index (χ4v) is 4.20. The van der Waals surface area contributed by atoms with Crippen LogP contribution in [0.5, 0.6) is 5.75 Å². The van der Waals surface area contributed by atoms with E-state index in [1.54, 1.807) is 24.3 Å². The predicted octanol–water partition coefficient (Wildman–Crippen LogP) is 5.34.